The van der Waals surface area contributed by atoms with E-state index in [2.05, 4.69) is 31.7 Å². The molecule has 0 radical (unpaired) electrons. The highest BCUT2D eigenvalue weighted by molar-refractivity contribution is 7.07. The maximum atomic E-state index is 5.93. The lowest BCUT2D eigenvalue weighted by Crippen LogP contribution is -2.18. The molecule has 0 bridgehead atoms. The molecule has 1 aromatic carbocycles. The zero-order valence-electron chi connectivity index (χ0n) is 11.7. The molecular weight excluding hydrogens is 280 g/mol. The fourth-order valence-electron chi connectivity index (χ4n) is 2.10. The second kappa shape index (κ2) is 5.93. The van der Waals surface area contributed by atoms with Gasteiger partial charge in [-0.3, -0.25) is 0 Å². The summed E-state index contributed by atoms with van der Waals surface area (Å²) in [6.07, 6.45) is 0. The van der Waals surface area contributed by atoms with E-state index in [0.717, 1.165) is 17.9 Å². The summed E-state index contributed by atoms with van der Waals surface area (Å²) in [5.41, 5.74) is 8.16. The van der Waals surface area contributed by atoms with Crippen molar-refractivity contribution < 1.29 is 0 Å². The minimum absolute atomic E-state index is 0.482. The Bertz CT molecular complexity index is 710. The molecule has 0 aliphatic rings. The number of rotatable bonds is 4. The average molecular weight is 296 g/mol. The Hall–Kier alpha value is -2.40. The van der Waals surface area contributed by atoms with E-state index in [1.807, 2.05) is 37.4 Å². The van der Waals surface area contributed by atoms with Gasteiger partial charge >= 0.3 is 0 Å². The Kier molecular flexibility index (Phi) is 3.83. The molecule has 0 saturated heterocycles. The van der Waals surface area contributed by atoms with Gasteiger partial charge in [0.1, 0.15) is 11.6 Å². The zero-order valence-corrected chi connectivity index (χ0v) is 12.5. The van der Waals surface area contributed by atoms with Crippen LogP contribution in [-0.4, -0.2) is 17.0 Å². The van der Waals surface area contributed by atoms with Crippen LogP contribution in [0.3, 0.4) is 0 Å². The van der Waals surface area contributed by atoms with Crippen LogP contribution >= 0.6 is 11.3 Å². The first-order valence-corrected chi connectivity index (χ1v) is 7.59. The predicted octanol–water partition coefficient (Wildman–Crippen LogP) is 3.42. The highest BCUT2D eigenvalue weighted by atomic mass is 32.1. The van der Waals surface area contributed by atoms with Gasteiger partial charge in [0.15, 0.2) is 5.82 Å². The highest BCUT2D eigenvalue weighted by Gasteiger charge is 2.09. The Labute approximate surface area is 127 Å². The number of nitrogen functional groups attached to an aromatic ring is 1. The lowest BCUT2D eigenvalue weighted by atomic mass is 10.2. The minimum atomic E-state index is 0.482. The fourth-order valence-corrected chi connectivity index (χ4v) is 2.76. The Morgan fingerprint density at radius 2 is 1.95 bits per heavy atom. The third-order valence-corrected chi connectivity index (χ3v) is 3.89. The Morgan fingerprint density at radius 1 is 1.14 bits per heavy atom. The first kappa shape index (κ1) is 13.6. The maximum Gasteiger partial charge on any atom is 0.163 e. The topological polar surface area (TPSA) is 55.0 Å². The monoisotopic (exact) mass is 296 g/mol. The van der Waals surface area contributed by atoms with Crippen molar-refractivity contribution in [1.29, 1.82) is 0 Å². The standard InChI is InChI=1S/C16H16N4S/c1-20(10-12-7-8-21-11-12)15-9-14(17)18-16(19-15)13-5-3-2-4-6-13/h2-9,11H,10H2,1H3,(H2,17,18,19). The first-order valence-electron chi connectivity index (χ1n) is 6.64. The molecule has 0 aliphatic carbocycles. The van der Waals surface area contributed by atoms with E-state index >= 15 is 0 Å². The van der Waals surface area contributed by atoms with Crippen LogP contribution in [0.5, 0.6) is 0 Å². The molecule has 2 N–H and O–H groups in total. The van der Waals surface area contributed by atoms with Crippen LogP contribution in [0.2, 0.25) is 0 Å². The molecule has 106 valence electrons. The van der Waals surface area contributed by atoms with Gasteiger partial charge in [0.2, 0.25) is 0 Å². The summed E-state index contributed by atoms with van der Waals surface area (Å²) in [7, 11) is 2.01. The van der Waals surface area contributed by atoms with Crippen LogP contribution in [-0.2, 0) is 6.54 Å². The Morgan fingerprint density at radius 3 is 2.67 bits per heavy atom. The van der Waals surface area contributed by atoms with E-state index in [-0.39, 0.29) is 0 Å². The lowest BCUT2D eigenvalue weighted by molar-refractivity contribution is 0.897. The van der Waals surface area contributed by atoms with Gasteiger partial charge < -0.3 is 10.6 Å². The molecule has 0 amide bonds. The SMILES string of the molecule is CN(Cc1ccsc1)c1cc(N)nc(-c2ccccc2)n1. The van der Waals surface area contributed by atoms with Crippen molar-refractivity contribution in [2.45, 2.75) is 6.54 Å². The van der Waals surface area contributed by atoms with Gasteiger partial charge in [-0.2, -0.15) is 11.3 Å². The van der Waals surface area contributed by atoms with Crippen molar-refractivity contribution >= 4 is 23.0 Å². The molecule has 0 spiro atoms. The van der Waals surface area contributed by atoms with Crippen LogP contribution in [0.15, 0.2) is 53.2 Å². The molecular formula is C16H16N4S. The lowest BCUT2D eigenvalue weighted by Gasteiger charge is -2.18. The van der Waals surface area contributed by atoms with E-state index in [4.69, 9.17) is 5.73 Å². The third-order valence-electron chi connectivity index (χ3n) is 3.16. The molecule has 0 aliphatic heterocycles. The number of nitrogens with zero attached hydrogens (tertiary/aromatic N) is 3. The van der Waals surface area contributed by atoms with Gasteiger partial charge in [-0.25, -0.2) is 9.97 Å². The van der Waals surface area contributed by atoms with Crippen LogP contribution in [0.4, 0.5) is 11.6 Å². The summed E-state index contributed by atoms with van der Waals surface area (Å²) in [6, 6.07) is 13.8. The first-order chi connectivity index (χ1) is 10.2. The van der Waals surface area contributed by atoms with E-state index < -0.39 is 0 Å². The third kappa shape index (κ3) is 3.20. The number of aromatic nitrogens is 2. The second-order valence-corrected chi connectivity index (χ2v) is 5.61. The summed E-state index contributed by atoms with van der Waals surface area (Å²) < 4.78 is 0. The normalized spacial score (nSPS) is 10.5. The zero-order chi connectivity index (χ0) is 14.7. The van der Waals surface area contributed by atoms with Crippen molar-refractivity contribution in [1.82, 2.24) is 9.97 Å². The number of benzene rings is 1. The molecule has 0 fully saturated rings. The minimum Gasteiger partial charge on any atom is -0.384 e. The second-order valence-electron chi connectivity index (χ2n) is 4.83. The molecule has 2 heterocycles. The van der Waals surface area contributed by atoms with Crippen LogP contribution in [0.1, 0.15) is 5.56 Å². The molecule has 3 aromatic rings. The quantitative estimate of drug-likeness (QED) is 0.801. The molecule has 5 heteroatoms. The van der Waals surface area contributed by atoms with Gasteiger partial charge in [-0.05, 0) is 22.4 Å². The van der Waals surface area contributed by atoms with Crippen LogP contribution in [0.25, 0.3) is 11.4 Å². The van der Waals surface area contributed by atoms with Crippen LogP contribution < -0.4 is 10.6 Å². The number of hydrogen-bond donors (Lipinski definition) is 1. The molecule has 21 heavy (non-hydrogen) atoms. The summed E-state index contributed by atoms with van der Waals surface area (Å²) in [5, 5.41) is 4.21. The maximum absolute atomic E-state index is 5.93. The smallest absolute Gasteiger partial charge is 0.163 e. The summed E-state index contributed by atoms with van der Waals surface area (Å²) in [5.74, 6) is 1.96. The summed E-state index contributed by atoms with van der Waals surface area (Å²) in [6.45, 7) is 0.800. The van der Waals surface area contributed by atoms with Crippen molar-refractivity contribution in [2.24, 2.45) is 0 Å². The van der Waals surface area contributed by atoms with Gasteiger partial charge in [0, 0.05) is 25.2 Å². The van der Waals surface area contributed by atoms with Gasteiger partial charge in [0.05, 0.1) is 0 Å². The van der Waals surface area contributed by atoms with Crippen molar-refractivity contribution in [2.75, 3.05) is 17.7 Å². The van der Waals surface area contributed by atoms with Gasteiger partial charge in [0.25, 0.3) is 0 Å². The van der Waals surface area contributed by atoms with E-state index in [1.54, 1.807) is 17.4 Å². The summed E-state index contributed by atoms with van der Waals surface area (Å²) >= 11 is 1.70. The van der Waals surface area contributed by atoms with E-state index in [9.17, 15) is 0 Å². The molecule has 2 aromatic heterocycles. The summed E-state index contributed by atoms with van der Waals surface area (Å²) in [4.78, 5) is 11.0. The van der Waals surface area contributed by atoms with Crippen LogP contribution in [0, 0.1) is 0 Å². The predicted molar refractivity (Wildman–Crippen MR) is 88.3 cm³/mol. The largest absolute Gasteiger partial charge is 0.384 e. The van der Waals surface area contributed by atoms with Crippen molar-refractivity contribution in [3.05, 3.63) is 58.8 Å². The number of nitrogens with two attached hydrogens (primary N) is 1. The molecule has 4 nitrogen and oxygen atoms in total. The number of thiophene rings is 1. The Balaban J connectivity index is 1.90. The van der Waals surface area contributed by atoms with Gasteiger partial charge in [-0.1, -0.05) is 30.3 Å². The molecule has 0 saturated carbocycles. The van der Waals surface area contributed by atoms with Gasteiger partial charge in [-0.15, -0.1) is 0 Å². The van der Waals surface area contributed by atoms with Crippen molar-refractivity contribution in [3.63, 3.8) is 0 Å². The highest BCUT2D eigenvalue weighted by Crippen LogP contribution is 2.21. The number of hydrogen-bond acceptors (Lipinski definition) is 5. The average Bonchev–Trinajstić information content (AvgIpc) is 3.00. The van der Waals surface area contributed by atoms with E-state index in [1.165, 1.54) is 5.56 Å². The molecule has 0 atom stereocenters. The van der Waals surface area contributed by atoms with Crippen molar-refractivity contribution in [3.8, 4) is 11.4 Å². The molecule has 0 unspecified atom stereocenters. The molecule has 3 rings (SSSR count). The van der Waals surface area contributed by atoms with E-state index in [0.29, 0.717) is 11.6 Å². The number of anilines is 2. The fraction of sp³-hybridized carbons (Fsp3) is 0.125.